The van der Waals surface area contributed by atoms with E-state index in [2.05, 4.69) is 5.10 Å². The van der Waals surface area contributed by atoms with Crippen molar-refractivity contribution < 1.29 is 14.3 Å². The molecule has 7 heteroatoms. The van der Waals surface area contributed by atoms with Crippen LogP contribution in [0.4, 0.5) is 5.82 Å². The number of ether oxygens (including phenoxy) is 2. The molecule has 4 N–H and O–H groups in total. The number of hydrogen-bond donors (Lipinski definition) is 2. The van der Waals surface area contributed by atoms with E-state index in [0.29, 0.717) is 24.8 Å². The number of carbonyl (C=O) groups is 1. The zero-order valence-electron chi connectivity index (χ0n) is 7.40. The Labute approximate surface area is 79.6 Å². The van der Waals surface area contributed by atoms with Crippen molar-refractivity contribution in [2.45, 2.75) is 6.54 Å². The standard InChI is InChI=1S/C7H10N4O3/c8-4(12)3-11-7-5(6(9)10-11)13-1-2-14-7/h1-3H2,(H2,8,12)(H2,9,10). The molecule has 0 radical (unpaired) electrons. The highest BCUT2D eigenvalue weighted by atomic mass is 16.6. The summed E-state index contributed by atoms with van der Waals surface area (Å²) in [6.07, 6.45) is 0. The molecule has 0 saturated carbocycles. The lowest BCUT2D eigenvalue weighted by Gasteiger charge is -2.15. The molecule has 0 spiro atoms. The summed E-state index contributed by atoms with van der Waals surface area (Å²) in [5.41, 5.74) is 10.6. The summed E-state index contributed by atoms with van der Waals surface area (Å²) in [5, 5.41) is 3.88. The van der Waals surface area contributed by atoms with Crippen molar-refractivity contribution in [1.82, 2.24) is 9.78 Å². The highest BCUT2D eigenvalue weighted by Gasteiger charge is 2.23. The summed E-state index contributed by atoms with van der Waals surface area (Å²) in [7, 11) is 0. The van der Waals surface area contributed by atoms with Crippen molar-refractivity contribution in [3.63, 3.8) is 0 Å². The summed E-state index contributed by atoms with van der Waals surface area (Å²) in [4.78, 5) is 10.7. The minimum absolute atomic E-state index is 0.0666. The highest BCUT2D eigenvalue weighted by molar-refractivity contribution is 5.74. The van der Waals surface area contributed by atoms with Gasteiger partial charge in [0.05, 0.1) is 0 Å². The monoisotopic (exact) mass is 198 g/mol. The van der Waals surface area contributed by atoms with Gasteiger partial charge in [0, 0.05) is 0 Å². The molecular weight excluding hydrogens is 188 g/mol. The predicted octanol–water partition coefficient (Wildman–Crippen LogP) is -1.28. The van der Waals surface area contributed by atoms with Gasteiger partial charge in [-0.2, -0.15) is 0 Å². The van der Waals surface area contributed by atoms with Gasteiger partial charge in [-0.25, -0.2) is 4.68 Å². The molecule has 0 fully saturated rings. The maximum Gasteiger partial charge on any atom is 0.258 e. The van der Waals surface area contributed by atoms with Gasteiger partial charge in [-0.3, -0.25) is 4.79 Å². The Morgan fingerprint density at radius 3 is 2.93 bits per heavy atom. The fourth-order valence-electron chi connectivity index (χ4n) is 1.26. The lowest BCUT2D eigenvalue weighted by atomic mass is 10.5. The zero-order valence-corrected chi connectivity index (χ0v) is 7.40. The van der Waals surface area contributed by atoms with Crippen LogP contribution >= 0.6 is 0 Å². The lowest BCUT2D eigenvalue weighted by Crippen LogP contribution is -2.22. The Morgan fingerprint density at radius 2 is 2.21 bits per heavy atom. The fourth-order valence-corrected chi connectivity index (χ4v) is 1.26. The molecule has 0 aromatic carbocycles. The average molecular weight is 198 g/mol. The number of nitrogens with zero attached hydrogens (tertiary/aromatic N) is 2. The van der Waals surface area contributed by atoms with E-state index in [1.165, 1.54) is 4.68 Å². The van der Waals surface area contributed by atoms with Crippen molar-refractivity contribution in [3.8, 4) is 11.6 Å². The molecule has 1 aromatic heterocycles. The van der Waals surface area contributed by atoms with Crippen molar-refractivity contribution in [3.05, 3.63) is 0 Å². The molecule has 2 rings (SSSR count). The molecule has 0 atom stereocenters. The number of amides is 1. The van der Waals surface area contributed by atoms with Crippen LogP contribution < -0.4 is 20.9 Å². The quantitative estimate of drug-likeness (QED) is 0.615. The van der Waals surface area contributed by atoms with E-state index in [1.807, 2.05) is 0 Å². The average Bonchev–Trinajstić information content (AvgIpc) is 2.44. The zero-order chi connectivity index (χ0) is 10.1. The fraction of sp³-hybridized carbons (Fsp3) is 0.429. The van der Waals surface area contributed by atoms with Crippen molar-refractivity contribution in [1.29, 1.82) is 0 Å². The minimum atomic E-state index is -0.510. The second-order valence-corrected chi connectivity index (χ2v) is 2.84. The van der Waals surface area contributed by atoms with Gasteiger partial charge in [0.15, 0.2) is 5.82 Å². The largest absolute Gasteiger partial charge is 0.482 e. The Kier molecular flexibility index (Phi) is 1.91. The lowest BCUT2D eigenvalue weighted by molar-refractivity contribution is -0.118. The molecule has 0 aliphatic carbocycles. The van der Waals surface area contributed by atoms with Gasteiger partial charge < -0.3 is 20.9 Å². The van der Waals surface area contributed by atoms with Crippen LogP contribution in [-0.4, -0.2) is 28.9 Å². The second-order valence-electron chi connectivity index (χ2n) is 2.84. The number of primary amides is 1. The first kappa shape index (κ1) is 8.67. The van der Waals surface area contributed by atoms with Gasteiger partial charge in [0.2, 0.25) is 11.7 Å². The van der Waals surface area contributed by atoms with E-state index in [1.54, 1.807) is 0 Å². The van der Waals surface area contributed by atoms with Gasteiger partial charge in [0.25, 0.3) is 5.88 Å². The van der Waals surface area contributed by atoms with Crippen LogP contribution in [0.2, 0.25) is 0 Å². The molecule has 0 saturated heterocycles. The van der Waals surface area contributed by atoms with E-state index in [-0.39, 0.29) is 12.4 Å². The summed E-state index contributed by atoms with van der Waals surface area (Å²) < 4.78 is 11.8. The van der Waals surface area contributed by atoms with E-state index in [9.17, 15) is 4.79 Å². The topological polar surface area (TPSA) is 105 Å². The summed E-state index contributed by atoms with van der Waals surface area (Å²) in [5.74, 6) is 0.454. The van der Waals surface area contributed by atoms with Crippen LogP contribution in [0, 0.1) is 0 Å². The Balaban J connectivity index is 2.36. The molecule has 1 amide bonds. The van der Waals surface area contributed by atoms with Crippen LogP contribution in [0.15, 0.2) is 0 Å². The Morgan fingerprint density at radius 1 is 1.50 bits per heavy atom. The molecule has 76 valence electrons. The van der Waals surface area contributed by atoms with Gasteiger partial charge in [-0.1, -0.05) is 0 Å². The van der Waals surface area contributed by atoms with Gasteiger partial charge in [0.1, 0.15) is 19.8 Å². The van der Waals surface area contributed by atoms with E-state index in [4.69, 9.17) is 20.9 Å². The third kappa shape index (κ3) is 1.32. The maximum absolute atomic E-state index is 10.7. The van der Waals surface area contributed by atoms with Crippen LogP contribution in [0.1, 0.15) is 0 Å². The van der Waals surface area contributed by atoms with Crippen molar-refractivity contribution >= 4 is 11.7 Å². The third-order valence-electron chi connectivity index (χ3n) is 1.76. The number of carbonyl (C=O) groups excluding carboxylic acids is 1. The number of nitrogens with two attached hydrogens (primary N) is 2. The number of hydrogen-bond acceptors (Lipinski definition) is 5. The smallest absolute Gasteiger partial charge is 0.258 e. The van der Waals surface area contributed by atoms with Crippen LogP contribution in [-0.2, 0) is 11.3 Å². The molecule has 7 nitrogen and oxygen atoms in total. The molecule has 2 heterocycles. The summed E-state index contributed by atoms with van der Waals surface area (Å²) in [6, 6.07) is 0. The number of aromatic nitrogens is 2. The second kappa shape index (κ2) is 3.09. The normalized spacial score (nSPS) is 14.0. The van der Waals surface area contributed by atoms with Crippen LogP contribution in [0.3, 0.4) is 0 Å². The summed E-state index contributed by atoms with van der Waals surface area (Å²) >= 11 is 0. The number of fused-ring (bicyclic) bond motifs is 1. The Bertz CT molecular complexity index is 373. The molecule has 0 bridgehead atoms. The maximum atomic E-state index is 10.7. The van der Waals surface area contributed by atoms with Crippen molar-refractivity contribution in [2.75, 3.05) is 18.9 Å². The first-order valence-corrected chi connectivity index (χ1v) is 4.08. The first-order valence-electron chi connectivity index (χ1n) is 4.08. The number of rotatable bonds is 2. The van der Waals surface area contributed by atoms with Crippen LogP contribution in [0.25, 0.3) is 0 Å². The minimum Gasteiger partial charge on any atom is -0.482 e. The van der Waals surface area contributed by atoms with Gasteiger partial charge in [-0.15, -0.1) is 5.10 Å². The molecule has 0 unspecified atom stereocenters. The first-order chi connectivity index (χ1) is 6.68. The van der Waals surface area contributed by atoms with E-state index < -0.39 is 5.91 Å². The number of anilines is 1. The molecule has 1 aromatic rings. The Hall–Kier alpha value is -1.92. The SMILES string of the molecule is NC(=O)Cn1nc(N)c2c1OCCO2. The van der Waals surface area contributed by atoms with Gasteiger partial charge >= 0.3 is 0 Å². The molecule has 1 aliphatic heterocycles. The van der Waals surface area contributed by atoms with Gasteiger partial charge in [-0.05, 0) is 0 Å². The molecule has 1 aliphatic rings. The number of nitrogen functional groups attached to an aromatic ring is 1. The highest BCUT2D eigenvalue weighted by Crippen LogP contribution is 2.35. The van der Waals surface area contributed by atoms with E-state index in [0.717, 1.165) is 0 Å². The summed E-state index contributed by atoms with van der Waals surface area (Å²) in [6.45, 7) is 0.777. The van der Waals surface area contributed by atoms with E-state index >= 15 is 0 Å². The third-order valence-corrected chi connectivity index (χ3v) is 1.76. The van der Waals surface area contributed by atoms with Crippen LogP contribution in [0.5, 0.6) is 11.6 Å². The predicted molar refractivity (Wildman–Crippen MR) is 46.8 cm³/mol. The van der Waals surface area contributed by atoms with Crippen molar-refractivity contribution in [2.24, 2.45) is 5.73 Å². The molecular formula is C7H10N4O3. The molecule has 14 heavy (non-hydrogen) atoms.